The highest BCUT2D eigenvalue weighted by molar-refractivity contribution is 7.89. The van der Waals surface area contributed by atoms with E-state index in [-0.39, 0.29) is 18.1 Å². The summed E-state index contributed by atoms with van der Waals surface area (Å²) in [6, 6.07) is 7.17. The third-order valence-electron chi connectivity index (χ3n) is 6.21. The first-order valence-electron chi connectivity index (χ1n) is 10.6. The molecule has 1 saturated carbocycles. The van der Waals surface area contributed by atoms with Gasteiger partial charge in [0.1, 0.15) is 0 Å². The van der Waals surface area contributed by atoms with Gasteiger partial charge in [-0.2, -0.15) is 4.31 Å². The Kier molecular flexibility index (Phi) is 6.53. The summed E-state index contributed by atoms with van der Waals surface area (Å²) in [5, 5.41) is 0. The summed E-state index contributed by atoms with van der Waals surface area (Å²) in [7, 11) is -3.48. The van der Waals surface area contributed by atoms with Gasteiger partial charge in [0.2, 0.25) is 15.9 Å². The smallest absolute Gasteiger partial charge is 0.243 e. The van der Waals surface area contributed by atoms with Gasteiger partial charge >= 0.3 is 0 Å². The van der Waals surface area contributed by atoms with Gasteiger partial charge in [0, 0.05) is 26.1 Å². The van der Waals surface area contributed by atoms with E-state index in [4.69, 9.17) is 9.47 Å². The highest BCUT2D eigenvalue weighted by atomic mass is 32.2. The summed E-state index contributed by atoms with van der Waals surface area (Å²) >= 11 is 0. The Hall–Kier alpha value is -1.48. The van der Waals surface area contributed by atoms with Crippen LogP contribution >= 0.6 is 0 Å². The number of amides is 1. The first-order valence-corrected chi connectivity index (χ1v) is 12.1. The van der Waals surface area contributed by atoms with Crippen LogP contribution in [0.25, 0.3) is 0 Å². The molecule has 4 rings (SSSR count). The quantitative estimate of drug-likeness (QED) is 0.723. The van der Waals surface area contributed by atoms with Crippen LogP contribution < -0.4 is 0 Å². The van der Waals surface area contributed by atoms with Crippen molar-refractivity contribution in [2.24, 2.45) is 0 Å². The maximum absolute atomic E-state index is 12.8. The van der Waals surface area contributed by atoms with E-state index in [1.807, 2.05) is 17.0 Å². The molecule has 160 valence electrons. The number of fused-ring (bicyclic) bond motifs is 1. The fourth-order valence-corrected chi connectivity index (χ4v) is 5.97. The highest BCUT2D eigenvalue weighted by Gasteiger charge is 2.36. The van der Waals surface area contributed by atoms with Gasteiger partial charge in [-0.05, 0) is 37.0 Å². The van der Waals surface area contributed by atoms with Crippen LogP contribution in [0.3, 0.4) is 0 Å². The fraction of sp³-hybridized carbons (Fsp3) is 0.667. The molecule has 2 heterocycles. The molecule has 0 bridgehead atoms. The number of sulfonamides is 1. The lowest BCUT2D eigenvalue weighted by Crippen LogP contribution is -2.54. The summed E-state index contributed by atoms with van der Waals surface area (Å²) in [4.78, 5) is 15.1. The molecule has 3 aliphatic rings. The minimum absolute atomic E-state index is 0.176. The molecular formula is C21H30N2O5S. The number of aryl methyl sites for hydroxylation is 1. The molecule has 2 saturated heterocycles. The van der Waals surface area contributed by atoms with E-state index in [9.17, 15) is 13.2 Å². The summed E-state index contributed by atoms with van der Waals surface area (Å²) in [6.07, 6.45) is 5.68. The van der Waals surface area contributed by atoms with Crippen LogP contribution in [0.1, 0.15) is 37.7 Å². The van der Waals surface area contributed by atoms with E-state index in [0.29, 0.717) is 57.2 Å². The number of hydrogen-bond donors (Lipinski definition) is 0. The maximum atomic E-state index is 12.8. The first-order chi connectivity index (χ1) is 14.1. The van der Waals surface area contributed by atoms with Gasteiger partial charge in [-0.25, -0.2) is 8.42 Å². The number of benzene rings is 1. The predicted octanol–water partition coefficient (Wildman–Crippen LogP) is 1.81. The molecule has 0 N–H and O–H groups in total. The minimum atomic E-state index is -3.48. The molecule has 0 radical (unpaired) electrons. The Morgan fingerprint density at radius 2 is 1.72 bits per heavy atom. The normalized spacial score (nSPS) is 26.1. The Bertz CT molecular complexity index is 803. The summed E-state index contributed by atoms with van der Waals surface area (Å²) < 4.78 is 38.0. The zero-order valence-electron chi connectivity index (χ0n) is 16.8. The third-order valence-corrected chi connectivity index (χ3v) is 8.12. The summed E-state index contributed by atoms with van der Waals surface area (Å²) in [5.41, 5.74) is 0.979. The average molecular weight is 423 g/mol. The Labute approximate surface area is 173 Å². The molecule has 1 aromatic rings. The predicted molar refractivity (Wildman–Crippen MR) is 108 cm³/mol. The molecule has 2 atom stereocenters. The number of hydrogen-bond acceptors (Lipinski definition) is 5. The van der Waals surface area contributed by atoms with E-state index in [2.05, 4.69) is 0 Å². The number of ether oxygens (including phenoxy) is 2. The number of nitrogens with zero attached hydrogens (tertiary/aromatic N) is 2. The first kappa shape index (κ1) is 20.8. The minimum Gasteiger partial charge on any atom is -0.379 e. The van der Waals surface area contributed by atoms with Crippen LogP contribution in [-0.2, 0) is 30.7 Å². The fourth-order valence-electron chi connectivity index (χ4n) is 4.57. The molecule has 2 aliphatic heterocycles. The van der Waals surface area contributed by atoms with E-state index in [0.717, 1.165) is 24.8 Å². The zero-order valence-corrected chi connectivity index (χ0v) is 17.6. The second-order valence-corrected chi connectivity index (χ2v) is 9.95. The second kappa shape index (κ2) is 9.12. The van der Waals surface area contributed by atoms with Gasteiger partial charge in [0.15, 0.2) is 0 Å². The van der Waals surface area contributed by atoms with Crippen molar-refractivity contribution < 1.29 is 22.7 Å². The van der Waals surface area contributed by atoms with E-state index >= 15 is 0 Å². The van der Waals surface area contributed by atoms with Crippen molar-refractivity contribution in [2.45, 2.75) is 55.6 Å². The topological polar surface area (TPSA) is 76.2 Å². The highest BCUT2D eigenvalue weighted by Crippen LogP contribution is 2.29. The lowest BCUT2D eigenvalue weighted by atomic mass is 9.90. The van der Waals surface area contributed by atoms with Crippen LogP contribution in [0.15, 0.2) is 29.2 Å². The van der Waals surface area contributed by atoms with Crippen LogP contribution in [0.2, 0.25) is 0 Å². The molecule has 7 nitrogen and oxygen atoms in total. The summed E-state index contributed by atoms with van der Waals surface area (Å²) in [6.45, 7) is 2.95. The molecule has 2 unspecified atom stereocenters. The number of carbonyl (C=O) groups excluding carboxylic acids is 1. The van der Waals surface area contributed by atoms with Crippen molar-refractivity contribution in [1.82, 2.24) is 9.21 Å². The van der Waals surface area contributed by atoms with Gasteiger partial charge < -0.3 is 14.4 Å². The van der Waals surface area contributed by atoms with Crippen molar-refractivity contribution in [3.63, 3.8) is 0 Å². The van der Waals surface area contributed by atoms with Crippen molar-refractivity contribution in [3.8, 4) is 0 Å². The van der Waals surface area contributed by atoms with Crippen LogP contribution in [0.5, 0.6) is 0 Å². The molecule has 3 fully saturated rings. The van der Waals surface area contributed by atoms with Gasteiger partial charge in [-0.15, -0.1) is 0 Å². The van der Waals surface area contributed by atoms with Gasteiger partial charge in [0.05, 0.1) is 36.9 Å². The SMILES string of the molecule is O=C(CCc1ccc(S(=O)(=O)N2CCOCC2)cc1)N1CCOC2CCCCC21. The maximum Gasteiger partial charge on any atom is 0.243 e. The van der Waals surface area contributed by atoms with Gasteiger partial charge in [-0.3, -0.25) is 4.79 Å². The molecule has 0 spiro atoms. The third kappa shape index (κ3) is 4.66. The number of rotatable bonds is 5. The van der Waals surface area contributed by atoms with E-state index in [1.54, 1.807) is 12.1 Å². The van der Waals surface area contributed by atoms with Crippen molar-refractivity contribution >= 4 is 15.9 Å². The molecule has 1 aliphatic carbocycles. The Morgan fingerprint density at radius 1 is 1.00 bits per heavy atom. The zero-order chi connectivity index (χ0) is 20.3. The molecule has 8 heteroatoms. The van der Waals surface area contributed by atoms with Crippen LogP contribution in [0.4, 0.5) is 0 Å². The molecule has 1 aromatic carbocycles. The molecule has 1 amide bonds. The lowest BCUT2D eigenvalue weighted by molar-refractivity contribution is -0.149. The molecule has 29 heavy (non-hydrogen) atoms. The van der Waals surface area contributed by atoms with Crippen LogP contribution in [0, 0.1) is 0 Å². The van der Waals surface area contributed by atoms with E-state index in [1.165, 1.54) is 10.7 Å². The number of carbonyl (C=O) groups is 1. The second-order valence-electron chi connectivity index (χ2n) is 8.01. The van der Waals surface area contributed by atoms with Crippen molar-refractivity contribution in [1.29, 1.82) is 0 Å². The Morgan fingerprint density at radius 3 is 2.48 bits per heavy atom. The lowest BCUT2D eigenvalue weighted by Gasteiger charge is -2.43. The van der Waals surface area contributed by atoms with E-state index < -0.39 is 10.0 Å². The molecule has 0 aromatic heterocycles. The van der Waals surface area contributed by atoms with Gasteiger partial charge in [-0.1, -0.05) is 25.0 Å². The Balaban J connectivity index is 1.34. The average Bonchev–Trinajstić information content (AvgIpc) is 2.78. The number of morpholine rings is 2. The summed E-state index contributed by atoms with van der Waals surface area (Å²) in [5.74, 6) is 0.176. The molecular weight excluding hydrogens is 392 g/mol. The largest absolute Gasteiger partial charge is 0.379 e. The van der Waals surface area contributed by atoms with Crippen LogP contribution in [-0.4, -0.2) is 75.1 Å². The standard InChI is InChI=1S/C21H30N2O5S/c24-21(23-13-16-28-20-4-2-1-3-19(20)23)10-7-17-5-8-18(9-6-17)29(25,26)22-11-14-27-15-12-22/h5-6,8-9,19-20H,1-4,7,10-16H2. The van der Waals surface area contributed by atoms with Gasteiger partial charge in [0.25, 0.3) is 0 Å². The van der Waals surface area contributed by atoms with Crippen molar-refractivity contribution in [3.05, 3.63) is 29.8 Å². The van der Waals surface area contributed by atoms with Crippen molar-refractivity contribution in [2.75, 3.05) is 39.5 Å². The monoisotopic (exact) mass is 422 g/mol.